The van der Waals surface area contributed by atoms with Crippen molar-refractivity contribution < 1.29 is 13.2 Å². The second-order valence-corrected chi connectivity index (χ2v) is 8.29. The van der Waals surface area contributed by atoms with Crippen molar-refractivity contribution in [3.8, 4) is 0 Å². The van der Waals surface area contributed by atoms with Crippen molar-refractivity contribution >= 4 is 37.7 Å². The van der Waals surface area contributed by atoms with Crippen LogP contribution in [0.2, 0.25) is 0 Å². The lowest BCUT2D eigenvalue weighted by atomic mass is 10.2. The number of amides is 2. The van der Waals surface area contributed by atoms with E-state index in [1.807, 2.05) is 13.8 Å². The first-order valence-electron chi connectivity index (χ1n) is 7.68. The number of anilines is 1. The molecule has 0 heterocycles. The van der Waals surface area contributed by atoms with Gasteiger partial charge in [0, 0.05) is 22.7 Å². The van der Waals surface area contributed by atoms with Crippen LogP contribution in [0.4, 0.5) is 10.5 Å². The van der Waals surface area contributed by atoms with Gasteiger partial charge < -0.3 is 10.6 Å². The summed E-state index contributed by atoms with van der Waals surface area (Å²) in [6, 6.07) is 13.4. The van der Waals surface area contributed by atoms with E-state index >= 15 is 0 Å². The van der Waals surface area contributed by atoms with Crippen molar-refractivity contribution in [3.63, 3.8) is 0 Å². The van der Waals surface area contributed by atoms with E-state index in [9.17, 15) is 13.2 Å². The molecule has 134 valence electrons. The zero-order valence-corrected chi connectivity index (χ0v) is 16.3. The lowest BCUT2D eigenvalue weighted by Gasteiger charge is -2.11. The smallest absolute Gasteiger partial charge is 0.319 e. The number of carbonyl (C=O) groups is 1. The van der Waals surface area contributed by atoms with E-state index in [4.69, 9.17) is 0 Å². The molecule has 0 bridgehead atoms. The van der Waals surface area contributed by atoms with Crippen LogP contribution in [0.3, 0.4) is 0 Å². The van der Waals surface area contributed by atoms with Crippen molar-refractivity contribution in [1.29, 1.82) is 0 Å². The van der Waals surface area contributed by atoms with Gasteiger partial charge in [0.05, 0.1) is 4.90 Å². The topological polar surface area (TPSA) is 87.3 Å². The van der Waals surface area contributed by atoms with Crippen LogP contribution in [-0.2, 0) is 16.6 Å². The molecule has 6 nitrogen and oxygen atoms in total. The van der Waals surface area contributed by atoms with E-state index in [2.05, 4.69) is 31.3 Å². The van der Waals surface area contributed by atoms with Crippen molar-refractivity contribution in [1.82, 2.24) is 10.0 Å². The molecule has 0 atom stereocenters. The minimum Gasteiger partial charge on any atom is -0.336 e. The Morgan fingerprint density at radius 1 is 1.08 bits per heavy atom. The molecule has 0 aliphatic heterocycles. The molecule has 0 aliphatic carbocycles. The molecule has 0 saturated heterocycles. The van der Waals surface area contributed by atoms with Gasteiger partial charge in [0.2, 0.25) is 10.0 Å². The number of halogens is 1. The predicted octanol–water partition coefficient (Wildman–Crippen LogP) is 3.46. The number of benzene rings is 2. The fourth-order valence-electron chi connectivity index (χ4n) is 2.05. The van der Waals surface area contributed by atoms with Crippen LogP contribution in [0, 0.1) is 0 Å². The van der Waals surface area contributed by atoms with Gasteiger partial charge in [-0.2, -0.15) is 0 Å². The van der Waals surface area contributed by atoms with E-state index in [0.717, 1.165) is 5.56 Å². The molecule has 0 fully saturated rings. The molecular formula is C17H20BrN3O3S. The fourth-order valence-corrected chi connectivity index (χ4v) is 4.07. The first kappa shape index (κ1) is 19.4. The molecule has 0 aromatic heterocycles. The average molecular weight is 426 g/mol. The van der Waals surface area contributed by atoms with Gasteiger partial charge in [-0.1, -0.05) is 24.3 Å². The molecule has 2 rings (SSSR count). The third kappa shape index (κ3) is 5.84. The Hall–Kier alpha value is -1.90. The maximum Gasteiger partial charge on any atom is 0.319 e. The van der Waals surface area contributed by atoms with Crippen molar-refractivity contribution in [2.75, 3.05) is 5.32 Å². The number of rotatable bonds is 6. The van der Waals surface area contributed by atoms with Crippen LogP contribution in [0.5, 0.6) is 0 Å². The molecule has 0 spiro atoms. The number of sulfonamides is 1. The summed E-state index contributed by atoms with van der Waals surface area (Å²) in [7, 11) is -3.61. The Balaban J connectivity index is 1.98. The molecule has 2 amide bonds. The highest BCUT2D eigenvalue weighted by Gasteiger charge is 2.16. The number of hydrogen-bond donors (Lipinski definition) is 3. The molecule has 2 aromatic rings. The molecule has 0 unspecified atom stereocenters. The Labute approximate surface area is 156 Å². The van der Waals surface area contributed by atoms with Crippen LogP contribution in [0.1, 0.15) is 19.4 Å². The number of urea groups is 1. The monoisotopic (exact) mass is 425 g/mol. The second kappa shape index (κ2) is 8.46. The number of carbonyl (C=O) groups excluding carboxylic acids is 1. The first-order chi connectivity index (χ1) is 11.8. The van der Waals surface area contributed by atoms with Crippen molar-refractivity contribution in [3.05, 3.63) is 58.6 Å². The Kier molecular flexibility index (Phi) is 6.57. The standard InChI is InChI=1S/C17H20BrN3O3S/c1-12(2)20-17(22)21-14-9-7-13(8-10-14)11-19-25(23,24)16-6-4-3-5-15(16)18/h3-10,12,19H,11H2,1-2H3,(H2,20,21,22). The average Bonchev–Trinajstić information content (AvgIpc) is 2.53. The molecule has 0 aliphatic rings. The van der Waals surface area contributed by atoms with Gasteiger partial charge in [-0.3, -0.25) is 0 Å². The summed E-state index contributed by atoms with van der Waals surface area (Å²) in [4.78, 5) is 11.8. The second-order valence-electron chi connectivity index (χ2n) is 5.71. The highest BCUT2D eigenvalue weighted by atomic mass is 79.9. The maximum atomic E-state index is 12.3. The summed E-state index contributed by atoms with van der Waals surface area (Å²) in [6.07, 6.45) is 0. The molecule has 3 N–H and O–H groups in total. The SMILES string of the molecule is CC(C)NC(=O)Nc1ccc(CNS(=O)(=O)c2ccccc2Br)cc1. The van der Waals surface area contributed by atoms with Crippen LogP contribution >= 0.6 is 15.9 Å². The molecule has 2 aromatic carbocycles. The largest absolute Gasteiger partial charge is 0.336 e. The third-order valence-electron chi connectivity index (χ3n) is 3.22. The van der Waals surface area contributed by atoms with E-state index in [1.54, 1.807) is 42.5 Å². The van der Waals surface area contributed by atoms with Gasteiger partial charge >= 0.3 is 6.03 Å². The summed E-state index contributed by atoms with van der Waals surface area (Å²) >= 11 is 3.24. The number of hydrogen-bond acceptors (Lipinski definition) is 3. The summed E-state index contributed by atoms with van der Waals surface area (Å²) in [5, 5.41) is 5.44. The Bertz CT molecular complexity index is 836. The molecule has 0 saturated carbocycles. The van der Waals surface area contributed by atoms with Gasteiger partial charge in [-0.25, -0.2) is 17.9 Å². The lowest BCUT2D eigenvalue weighted by molar-refractivity contribution is 0.250. The summed E-state index contributed by atoms with van der Waals surface area (Å²) in [5.74, 6) is 0. The highest BCUT2D eigenvalue weighted by Crippen LogP contribution is 2.21. The Morgan fingerprint density at radius 2 is 1.72 bits per heavy atom. The van der Waals surface area contributed by atoms with E-state index < -0.39 is 10.0 Å². The van der Waals surface area contributed by atoms with Crippen LogP contribution in [0.25, 0.3) is 0 Å². The van der Waals surface area contributed by atoms with E-state index in [1.165, 1.54) is 6.07 Å². The highest BCUT2D eigenvalue weighted by molar-refractivity contribution is 9.10. The molecule has 25 heavy (non-hydrogen) atoms. The summed E-state index contributed by atoms with van der Waals surface area (Å²) < 4.78 is 27.7. The zero-order chi connectivity index (χ0) is 18.4. The quantitative estimate of drug-likeness (QED) is 0.661. The van der Waals surface area contributed by atoms with Crippen LogP contribution < -0.4 is 15.4 Å². The summed E-state index contributed by atoms with van der Waals surface area (Å²) in [5.41, 5.74) is 1.42. The minimum absolute atomic E-state index is 0.0472. The zero-order valence-electron chi connectivity index (χ0n) is 13.9. The summed E-state index contributed by atoms with van der Waals surface area (Å²) in [6.45, 7) is 3.90. The first-order valence-corrected chi connectivity index (χ1v) is 9.96. The van der Waals surface area contributed by atoms with E-state index in [0.29, 0.717) is 10.2 Å². The van der Waals surface area contributed by atoms with Crippen molar-refractivity contribution in [2.45, 2.75) is 31.3 Å². The van der Waals surface area contributed by atoms with Crippen molar-refractivity contribution in [2.24, 2.45) is 0 Å². The van der Waals surface area contributed by atoms with Crippen LogP contribution in [-0.4, -0.2) is 20.5 Å². The van der Waals surface area contributed by atoms with E-state index in [-0.39, 0.29) is 23.5 Å². The van der Waals surface area contributed by atoms with Gasteiger partial charge in [0.25, 0.3) is 0 Å². The fraction of sp³-hybridized carbons (Fsp3) is 0.235. The molecular weight excluding hydrogens is 406 g/mol. The normalized spacial score (nSPS) is 11.4. The van der Waals surface area contributed by atoms with Crippen LogP contribution in [0.15, 0.2) is 57.9 Å². The van der Waals surface area contributed by atoms with Gasteiger partial charge in [0.1, 0.15) is 0 Å². The van der Waals surface area contributed by atoms with Gasteiger partial charge in [-0.15, -0.1) is 0 Å². The lowest BCUT2D eigenvalue weighted by Crippen LogP contribution is -2.34. The maximum absolute atomic E-state index is 12.3. The molecule has 0 radical (unpaired) electrons. The number of nitrogens with one attached hydrogen (secondary N) is 3. The van der Waals surface area contributed by atoms with Gasteiger partial charge in [0.15, 0.2) is 0 Å². The molecule has 8 heteroatoms. The third-order valence-corrected chi connectivity index (χ3v) is 5.64. The minimum atomic E-state index is -3.61. The Morgan fingerprint density at radius 3 is 2.32 bits per heavy atom. The van der Waals surface area contributed by atoms with Gasteiger partial charge in [-0.05, 0) is 59.6 Å². The predicted molar refractivity (Wildman–Crippen MR) is 102 cm³/mol.